The van der Waals surface area contributed by atoms with Crippen LogP contribution in [-0.4, -0.2) is 12.1 Å². The predicted octanol–water partition coefficient (Wildman–Crippen LogP) is 4.15. The summed E-state index contributed by atoms with van der Waals surface area (Å²) in [6, 6.07) is 4.34. The van der Waals surface area contributed by atoms with Crippen LogP contribution in [0.15, 0.2) is 0 Å². The highest BCUT2D eigenvalue weighted by atomic mass is 14.7. The maximum atomic E-state index is 8.72. The molecule has 0 aliphatic carbocycles. The van der Waals surface area contributed by atoms with Crippen molar-refractivity contribution in [1.29, 1.82) is 10.5 Å². The fourth-order valence-electron chi connectivity index (χ4n) is 2.84. The standard InChI is InChI=1S/C18H34N4/c19-15-9-7-5-3-1-2-4-6-8-12-18(22,13-10-16-20)14-11-17-21/h1-15,19,22H2. The summed E-state index contributed by atoms with van der Waals surface area (Å²) < 4.78 is 0. The Hall–Kier alpha value is -1.10. The van der Waals surface area contributed by atoms with Crippen LogP contribution in [0.5, 0.6) is 0 Å². The summed E-state index contributed by atoms with van der Waals surface area (Å²) in [5.41, 5.74) is 11.5. The Bertz CT molecular complexity index is 309. The van der Waals surface area contributed by atoms with Crippen molar-refractivity contribution < 1.29 is 0 Å². The molecule has 0 saturated carbocycles. The molecule has 0 radical (unpaired) electrons. The average Bonchev–Trinajstić information content (AvgIpc) is 2.53. The Balaban J connectivity index is 3.63. The average molecular weight is 306 g/mol. The number of rotatable bonds is 15. The van der Waals surface area contributed by atoms with E-state index in [0.29, 0.717) is 25.7 Å². The summed E-state index contributed by atoms with van der Waals surface area (Å²) in [5, 5.41) is 17.4. The number of hydrogen-bond donors (Lipinski definition) is 2. The van der Waals surface area contributed by atoms with Crippen LogP contribution in [0.4, 0.5) is 0 Å². The summed E-state index contributed by atoms with van der Waals surface area (Å²) in [6.45, 7) is 0.818. The molecule has 0 aromatic heterocycles. The topological polar surface area (TPSA) is 99.6 Å². The van der Waals surface area contributed by atoms with Crippen LogP contribution in [0.2, 0.25) is 0 Å². The van der Waals surface area contributed by atoms with Gasteiger partial charge in [-0.05, 0) is 32.2 Å². The number of unbranched alkanes of at least 4 members (excludes halogenated alkanes) is 8. The predicted molar refractivity (Wildman–Crippen MR) is 91.8 cm³/mol. The first kappa shape index (κ1) is 20.9. The quantitative estimate of drug-likeness (QED) is 0.444. The Morgan fingerprint density at radius 1 is 0.636 bits per heavy atom. The molecule has 0 saturated heterocycles. The zero-order chi connectivity index (χ0) is 16.5. The summed E-state index contributed by atoms with van der Waals surface area (Å²) in [5.74, 6) is 0. The van der Waals surface area contributed by atoms with Gasteiger partial charge in [-0.25, -0.2) is 0 Å². The van der Waals surface area contributed by atoms with Crippen molar-refractivity contribution in [3.8, 4) is 12.1 Å². The Morgan fingerprint density at radius 2 is 1.05 bits per heavy atom. The fourth-order valence-corrected chi connectivity index (χ4v) is 2.84. The van der Waals surface area contributed by atoms with Gasteiger partial charge < -0.3 is 11.5 Å². The minimum absolute atomic E-state index is 0.312. The molecule has 4 nitrogen and oxygen atoms in total. The molecule has 0 spiro atoms. The normalized spacial score (nSPS) is 11.1. The van der Waals surface area contributed by atoms with Gasteiger partial charge in [0.05, 0.1) is 12.1 Å². The first-order chi connectivity index (χ1) is 10.7. The van der Waals surface area contributed by atoms with Crippen LogP contribution in [0.25, 0.3) is 0 Å². The first-order valence-electron chi connectivity index (χ1n) is 8.91. The van der Waals surface area contributed by atoms with E-state index < -0.39 is 0 Å². The van der Waals surface area contributed by atoms with E-state index in [1.807, 2.05) is 0 Å². The van der Waals surface area contributed by atoms with Crippen molar-refractivity contribution in [2.45, 2.75) is 95.4 Å². The lowest BCUT2D eigenvalue weighted by atomic mass is 9.84. The highest BCUT2D eigenvalue weighted by Gasteiger charge is 2.23. The van der Waals surface area contributed by atoms with Crippen LogP contribution in [0, 0.1) is 22.7 Å². The van der Waals surface area contributed by atoms with Crippen molar-refractivity contribution >= 4 is 0 Å². The molecule has 4 heteroatoms. The maximum Gasteiger partial charge on any atom is 0.0622 e. The second-order valence-corrected chi connectivity index (χ2v) is 6.40. The molecule has 0 fully saturated rings. The molecule has 0 bridgehead atoms. The van der Waals surface area contributed by atoms with Gasteiger partial charge in [-0.1, -0.05) is 51.4 Å². The van der Waals surface area contributed by atoms with Gasteiger partial charge in [-0.3, -0.25) is 0 Å². The smallest absolute Gasteiger partial charge is 0.0622 e. The SMILES string of the molecule is N#CCCC(N)(CCC#N)CCCCCCCCCCCN. The summed E-state index contributed by atoms with van der Waals surface area (Å²) in [6.07, 6.45) is 14.6. The van der Waals surface area contributed by atoms with Crippen molar-refractivity contribution in [1.82, 2.24) is 0 Å². The lowest BCUT2D eigenvalue weighted by Gasteiger charge is -2.28. The molecule has 126 valence electrons. The molecule has 4 N–H and O–H groups in total. The molecule has 0 heterocycles. The van der Waals surface area contributed by atoms with Crippen LogP contribution < -0.4 is 11.5 Å². The summed E-state index contributed by atoms with van der Waals surface area (Å²) in [4.78, 5) is 0. The molecule has 0 aliphatic heterocycles. The molecule has 0 atom stereocenters. The lowest BCUT2D eigenvalue weighted by molar-refractivity contribution is 0.332. The lowest BCUT2D eigenvalue weighted by Crippen LogP contribution is -2.39. The molecular weight excluding hydrogens is 272 g/mol. The molecule has 0 aliphatic rings. The van der Waals surface area contributed by atoms with Gasteiger partial charge in [-0.15, -0.1) is 0 Å². The number of nitrogens with two attached hydrogens (primary N) is 2. The van der Waals surface area contributed by atoms with Gasteiger partial charge in [0.15, 0.2) is 0 Å². The van der Waals surface area contributed by atoms with Crippen molar-refractivity contribution in [3.63, 3.8) is 0 Å². The van der Waals surface area contributed by atoms with Gasteiger partial charge >= 0.3 is 0 Å². The van der Waals surface area contributed by atoms with E-state index in [1.54, 1.807) is 0 Å². The maximum absolute atomic E-state index is 8.72. The zero-order valence-electron chi connectivity index (χ0n) is 14.2. The van der Waals surface area contributed by atoms with Gasteiger partial charge in [-0.2, -0.15) is 10.5 Å². The molecule has 0 aromatic rings. The molecule has 0 unspecified atom stereocenters. The van der Waals surface area contributed by atoms with Gasteiger partial charge in [0, 0.05) is 18.4 Å². The molecular formula is C18H34N4. The van der Waals surface area contributed by atoms with Gasteiger partial charge in [0.1, 0.15) is 0 Å². The third-order valence-corrected chi connectivity index (χ3v) is 4.35. The summed E-state index contributed by atoms with van der Waals surface area (Å²) >= 11 is 0. The third-order valence-electron chi connectivity index (χ3n) is 4.35. The van der Waals surface area contributed by atoms with E-state index >= 15 is 0 Å². The van der Waals surface area contributed by atoms with E-state index in [2.05, 4.69) is 12.1 Å². The third kappa shape index (κ3) is 12.6. The second kappa shape index (κ2) is 14.8. The van der Waals surface area contributed by atoms with Crippen LogP contribution in [-0.2, 0) is 0 Å². The van der Waals surface area contributed by atoms with Gasteiger partial charge in [0.25, 0.3) is 0 Å². The second-order valence-electron chi connectivity index (χ2n) is 6.40. The van der Waals surface area contributed by atoms with E-state index in [4.69, 9.17) is 22.0 Å². The number of nitrogens with zero attached hydrogens (tertiary/aromatic N) is 2. The largest absolute Gasteiger partial charge is 0.330 e. The van der Waals surface area contributed by atoms with Crippen LogP contribution in [0.3, 0.4) is 0 Å². The van der Waals surface area contributed by atoms with E-state index in [-0.39, 0.29) is 5.54 Å². The zero-order valence-corrected chi connectivity index (χ0v) is 14.2. The Kier molecular flexibility index (Phi) is 14.1. The first-order valence-corrected chi connectivity index (χ1v) is 8.91. The Morgan fingerprint density at radius 3 is 1.45 bits per heavy atom. The molecule has 0 rings (SSSR count). The Labute approximate surface area is 136 Å². The minimum atomic E-state index is -0.312. The van der Waals surface area contributed by atoms with Gasteiger partial charge in [0.2, 0.25) is 0 Å². The fraction of sp³-hybridized carbons (Fsp3) is 0.889. The number of nitriles is 2. The van der Waals surface area contributed by atoms with E-state index in [1.165, 1.54) is 44.9 Å². The van der Waals surface area contributed by atoms with E-state index in [0.717, 1.165) is 25.8 Å². The highest BCUT2D eigenvalue weighted by molar-refractivity contribution is 4.90. The summed E-state index contributed by atoms with van der Waals surface area (Å²) in [7, 11) is 0. The van der Waals surface area contributed by atoms with Crippen molar-refractivity contribution in [3.05, 3.63) is 0 Å². The van der Waals surface area contributed by atoms with Crippen molar-refractivity contribution in [2.75, 3.05) is 6.54 Å². The van der Waals surface area contributed by atoms with Crippen LogP contribution in [0.1, 0.15) is 89.9 Å². The molecule has 22 heavy (non-hydrogen) atoms. The van der Waals surface area contributed by atoms with E-state index in [9.17, 15) is 0 Å². The molecule has 0 aromatic carbocycles. The van der Waals surface area contributed by atoms with Crippen LogP contribution >= 0.6 is 0 Å². The minimum Gasteiger partial charge on any atom is -0.330 e. The molecule has 0 amide bonds. The monoisotopic (exact) mass is 306 g/mol. The number of hydrogen-bond acceptors (Lipinski definition) is 4. The van der Waals surface area contributed by atoms with Crippen molar-refractivity contribution in [2.24, 2.45) is 11.5 Å². The highest BCUT2D eigenvalue weighted by Crippen LogP contribution is 2.24.